The van der Waals surface area contributed by atoms with Crippen molar-refractivity contribution in [3.8, 4) is 0 Å². The second-order valence-electron chi connectivity index (χ2n) is 17.7. The number of esters is 2. The van der Waals surface area contributed by atoms with Crippen molar-refractivity contribution < 1.29 is 23.8 Å². The Kier molecular flexibility index (Phi) is 51.9. The van der Waals surface area contributed by atoms with E-state index in [1.807, 2.05) is 0 Å². The maximum atomic E-state index is 12.8. The van der Waals surface area contributed by atoms with Gasteiger partial charge < -0.3 is 14.2 Å². The van der Waals surface area contributed by atoms with Gasteiger partial charge in [-0.2, -0.15) is 0 Å². The summed E-state index contributed by atoms with van der Waals surface area (Å²) in [5, 5.41) is 0. The van der Waals surface area contributed by atoms with Gasteiger partial charge in [-0.1, -0.05) is 209 Å². The molecule has 368 valence electrons. The summed E-state index contributed by atoms with van der Waals surface area (Å²) in [5.41, 5.74) is 0. The Hall–Kier alpha value is -2.92. The molecule has 1 atom stereocenters. The third-order valence-corrected chi connectivity index (χ3v) is 11.4. The highest BCUT2D eigenvalue weighted by Crippen LogP contribution is 2.14. The largest absolute Gasteiger partial charge is 0.462 e. The van der Waals surface area contributed by atoms with E-state index < -0.39 is 6.10 Å². The SMILES string of the molecule is CC/C=C\C/C=C\C/C=C\C/C=C\CCCCCOCC(COC(=O)CCCCCCCCC/C=C\CCCCCCCC)OC(=O)CCCCCCC/C=C\C/C=C\CCCCC. The van der Waals surface area contributed by atoms with E-state index >= 15 is 0 Å². The fourth-order valence-corrected chi connectivity index (χ4v) is 7.35. The molecule has 0 aromatic carbocycles. The summed E-state index contributed by atoms with van der Waals surface area (Å²) in [7, 11) is 0. The molecule has 5 heteroatoms. The average molecular weight is 891 g/mol. The van der Waals surface area contributed by atoms with Gasteiger partial charge in [0.2, 0.25) is 0 Å². The van der Waals surface area contributed by atoms with E-state index in [1.165, 1.54) is 116 Å². The molecule has 0 rings (SSSR count). The molecule has 64 heavy (non-hydrogen) atoms. The summed E-state index contributed by atoms with van der Waals surface area (Å²) in [6.45, 7) is 7.61. The van der Waals surface area contributed by atoms with Crippen LogP contribution in [0.5, 0.6) is 0 Å². The Balaban J connectivity index is 4.36. The van der Waals surface area contributed by atoms with Crippen LogP contribution in [0.25, 0.3) is 0 Å². The van der Waals surface area contributed by atoms with E-state index in [9.17, 15) is 9.59 Å². The molecule has 0 bridgehead atoms. The van der Waals surface area contributed by atoms with Crippen molar-refractivity contribution in [2.45, 2.75) is 258 Å². The molecular weight excluding hydrogens is 789 g/mol. The lowest BCUT2D eigenvalue weighted by molar-refractivity contribution is -0.163. The number of hydrogen-bond acceptors (Lipinski definition) is 5. The first-order valence-corrected chi connectivity index (χ1v) is 27.1. The van der Waals surface area contributed by atoms with Crippen molar-refractivity contribution in [2.24, 2.45) is 0 Å². The predicted molar refractivity (Wildman–Crippen MR) is 279 cm³/mol. The van der Waals surface area contributed by atoms with Crippen LogP contribution in [0.3, 0.4) is 0 Å². The van der Waals surface area contributed by atoms with Crippen LogP contribution >= 0.6 is 0 Å². The smallest absolute Gasteiger partial charge is 0.306 e. The Labute approximate surface area is 397 Å². The van der Waals surface area contributed by atoms with Crippen LogP contribution in [-0.4, -0.2) is 37.9 Å². The molecule has 1 unspecified atom stereocenters. The van der Waals surface area contributed by atoms with Gasteiger partial charge in [0.1, 0.15) is 6.61 Å². The highest BCUT2D eigenvalue weighted by molar-refractivity contribution is 5.70. The van der Waals surface area contributed by atoms with Crippen LogP contribution in [0.15, 0.2) is 85.1 Å². The lowest BCUT2D eigenvalue weighted by Crippen LogP contribution is -2.30. The van der Waals surface area contributed by atoms with Gasteiger partial charge in [0.15, 0.2) is 6.10 Å². The zero-order valence-electron chi connectivity index (χ0n) is 42.3. The van der Waals surface area contributed by atoms with Gasteiger partial charge in [-0.15, -0.1) is 0 Å². The minimum atomic E-state index is -0.566. The van der Waals surface area contributed by atoms with Crippen molar-refractivity contribution in [3.05, 3.63) is 85.1 Å². The van der Waals surface area contributed by atoms with Crippen LogP contribution < -0.4 is 0 Å². The van der Waals surface area contributed by atoms with Gasteiger partial charge in [-0.25, -0.2) is 0 Å². The Morgan fingerprint density at radius 3 is 1.17 bits per heavy atom. The molecule has 0 aromatic heterocycles. The standard InChI is InChI=1S/C59H102O5/c1-4-7-10-13-16-19-22-25-28-30-32-34-37-40-43-46-49-52-58(60)63-56-57(55-62-54-51-48-45-42-39-36-33-29-26-23-20-17-14-11-8-5-2)64-59(61)53-50-47-44-41-38-35-31-27-24-21-18-15-12-9-6-3/h8,11,17-18,20-21,25-29,31,36,39,57H,4-7,9-10,12-16,19,22-24,30,32-35,37-38,40-56H2,1-3H3/b11-8-,20-17-,21-18-,28-25-,29-26-,31-27-,39-36-. The van der Waals surface area contributed by atoms with Crippen LogP contribution in [0.4, 0.5) is 0 Å². The predicted octanol–water partition coefficient (Wildman–Crippen LogP) is 18.5. The van der Waals surface area contributed by atoms with E-state index in [4.69, 9.17) is 14.2 Å². The minimum Gasteiger partial charge on any atom is -0.462 e. The van der Waals surface area contributed by atoms with Crippen molar-refractivity contribution in [2.75, 3.05) is 19.8 Å². The number of unbranched alkanes of at least 4 members (excludes halogenated alkanes) is 24. The molecule has 0 aromatic rings. The molecule has 0 saturated carbocycles. The van der Waals surface area contributed by atoms with Gasteiger partial charge in [-0.05, 0) is 116 Å². The Bertz CT molecular complexity index is 1190. The van der Waals surface area contributed by atoms with Gasteiger partial charge in [-0.3, -0.25) is 9.59 Å². The Morgan fingerprint density at radius 1 is 0.359 bits per heavy atom. The van der Waals surface area contributed by atoms with Crippen LogP contribution in [-0.2, 0) is 23.8 Å². The maximum absolute atomic E-state index is 12.8. The van der Waals surface area contributed by atoms with E-state index in [1.54, 1.807) is 0 Å². The molecular formula is C59H102O5. The third-order valence-electron chi connectivity index (χ3n) is 11.4. The molecule has 0 fully saturated rings. The molecule has 0 heterocycles. The molecule has 0 spiro atoms. The lowest BCUT2D eigenvalue weighted by atomic mass is 10.1. The molecule has 0 aliphatic rings. The quantitative estimate of drug-likeness (QED) is 0.0346. The molecule has 0 aliphatic carbocycles. The van der Waals surface area contributed by atoms with Gasteiger partial charge in [0, 0.05) is 19.4 Å². The van der Waals surface area contributed by atoms with Gasteiger partial charge >= 0.3 is 11.9 Å². The molecule has 0 radical (unpaired) electrons. The van der Waals surface area contributed by atoms with Crippen LogP contribution in [0, 0.1) is 0 Å². The van der Waals surface area contributed by atoms with Gasteiger partial charge in [0.25, 0.3) is 0 Å². The second kappa shape index (κ2) is 54.4. The lowest BCUT2D eigenvalue weighted by Gasteiger charge is -2.18. The third kappa shape index (κ3) is 51.7. The van der Waals surface area contributed by atoms with E-state index in [0.29, 0.717) is 19.4 Å². The van der Waals surface area contributed by atoms with E-state index in [2.05, 4.69) is 106 Å². The summed E-state index contributed by atoms with van der Waals surface area (Å²) in [5.74, 6) is -0.434. The number of ether oxygens (including phenoxy) is 3. The number of carbonyl (C=O) groups is 2. The number of allylic oxidation sites excluding steroid dienone is 14. The summed E-state index contributed by atoms with van der Waals surface area (Å²) in [6.07, 6.45) is 71.7. The summed E-state index contributed by atoms with van der Waals surface area (Å²) >= 11 is 0. The Morgan fingerprint density at radius 2 is 0.703 bits per heavy atom. The highest BCUT2D eigenvalue weighted by Gasteiger charge is 2.17. The summed E-state index contributed by atoms with van der Waals surface area (Å²) < 4.78 is 17.4. The summed E-state index contributed by atoms with van der Waals surface area (Å²) in [4.78, 5) is 25.5. The molecule has 0 saturated heterocycles. The second-order valence-corrected chi connectivity index (χ2v) is 17.7. The summed E-state index contributed by atoms with van der Waals surface area (Å²) in [6, 6.07) is 0. The minimum absolute atomic E-state index is 0.0615. The maximum Gasteiger partial charge on any atom is 0.306 e. The van der Waals surface area contributed by atoms with Crippen molar-refractivity contribution >= 4 is 11.9 Å². The molecule has 0 amide bonds. The molecule has 5 nitrogen and oxygen atoms in total. The monoisotopic (exact) mass is 891 g/mol. The highest BCUT2D eigenvalue weighted by atomic mass is 16.6. The van der Waals surface area contributed by atoms with Crippen molar-refractivity contribution in [3.63, 3.8) is 0 Å². The number of carbonyl (C=O) groups excluding carboxylic acids is 2. The van der Waals surface area contributed by atoms with Crippen molar-refractivity contribution in [1.82, 2.24) is 0 Å². The fourth-order valence-electron chi connectivity index (χ4n) is 7.35. The van der Waals surface area contributed by atoms with Crippen LogP contribution in [0.2, 0.25) is 0 Å². The number of hydrogen-bond donors (Lipinski definition) is 0. The zero-order valence-corrected chi connectivity index (χ0v) is 42.3. The zero-order chi connectivity index (χ0) is 46.3. The van der Waals surface area contributed by atoms with E-state index in [0.717, 1.165) is 103 Å². The average Bonchev–Trinajstić information content (AvgIpc) is 3.30. The first-order valence-electron chi connectivity index (χ1n) is 27.1. The number of rotatable bonds is 49. The topological polar surface area (TPSA) is 61.8 Å². The van der Waals surface area contributed by atoms with Crippen molar-refractivity contribution in [1.29, 1.82) is 0 Å². The van der Waals surface area contributed by atoms with Gasteiger partial charge in [0.05, 0.1) is 6.61 Å². The molecule has 0 aliphatic heterocycles. The van der Waals surface area contributed by atoms with Crippen LogP contribution in [0.1, 0.15) is 252 Å². The molecule has 0 N–H and O–H groups in total. The first-order chi connectivity index (χ1) is 31.6. The normalized spacial score (nSPS) is 12.9. The first kappa shape index (κ1) is 61.1. The fraction of sp³-hybridized carbons (Fsp3) is 0.729. The van der Waals surface area contributed by atoms with E-state index in [-0.39, 0.29) is 25.2 Å².